The molecule has 5 heteroatoms. The van der Waals surface area contributed by atoms with Gasteiger partial charge in [0, 0.05) is 28.5 Å². The number of hydrogen-bond donors (Lipinski definition) is 1. The Bertz CT molecular complexity index is 551. The molecule has 0 fully saturated rings. The number of nitrogens with two attached hydrogens (primary N) is 1. The van der Waals surface area contributed by atoms with Gasteiger partial charge in [-0.05, 0) is 26.0 Å². The van der Waals surface area contributed by atoms with Gasteiger partial charge in [0.15, 0.2) is 0 Å². The van der Waals surface area contributed by atoms with Crippen LogP contribution in [0.15, 0.2) is 35.1 Å². The van der Waals surface area contributed by atoms with Gasteiger partial charge >= 0.3 is 0 Å². The molecule has 0 aliphatic rings. The number of imidazole rings is 1. The number of aromatic nitrogens is 2. The third-order valence-electron chi connectivity index (χ3n) is 2.98. The van der Waals surface area contributed by atoms with Crippen LogP contribution in [-0.2, 0) is 6.54 Å². The highest BCUT2D eigenvalue weighted by Gasteiger charge is 2.09. The van der Waals surface area contributed by atoms with Gasteiger partial charge in [-0.25, -0.2) is 4.98 Å². The fourth-order valence-electron chi connectivity index (χ4n) is 1.90. The number of halogens is 1. The van der Waals surface area contributed by atoms with Crippen molar-refractivity contribution in [3.8, 4) is 5.75 Å². The van der Waals surface area contributed by atoms with Crippen molar-refractivity contribution in [2.45, 2.75) is 26.4 Å². The van der Waals surface area contributed by atoms with E-state index in [4.69, 9.17) is 10.5 Å². The van der Waals surface area contributed by atoms with Crippen LogP contribution in [0.2, 0.25) is 0 Å². The van der Waals surface area contributed by atoms with Gasteiger partial charge in [0.25, 0.3) is 0 Å². The lowest BCUT2D eigenvalue weighted by Crippen LogP contribution is -2.12. The highest BCUT2D eigenvalue weighted by atomic mass is 79.9. The third-order valence-corrected chi connectivity index (χ3v) is 3.47. The van der Waals surface area contributed by atoms with Crippen molar-refractivity contribution in [3.05, 3.63) is 46.5 Å². The number of nitrogens with zero attached hydrogens (tertiary/aromatic N) is 2. The quantitative estimate of drug-likeness (QED) is 0.920. The minimum absolute atomic E-state index is 0.0434. The Hall–Kier alpha value is -1.33. The Morgan fingerprint density at radius 3 is 2.89 bits per heavy atom. The number of hydrogen-bond acceptors (Lipinski definition) is 3. The van der Waals surface area contributed by atoms with Crippen LogP contribution in [0, 0.1) is 6.92 Å². The molecule has 0 radical (unpaired) electrons. The van der Waals surface area contributed by atoms with E-state index in [9.17, 15) is 0 Å². The summed E-state index contributed by atoms with van der Waals surface area (Å²) in [6, 6.07) is 5.88. The fraction of sp³-hybridized carbons (Fsp3) is 0.357. The van der Waals surface area contributed by atoms with Crippen LogP contribution in [0.4, 0.5) is 0 Å². The van der Waals surface area contributed by atoms with Crippen LogP contribution in [0.3, 0.4) is 0 Å². The molecule has 0 saturated heterocycles. The van der Waals surface area contributed by atoms with Gasteiger partial charge in [0.2, 0.25) is 0 Å². The Balaban J connectivity index is 2.03. The van der Waals surface area contributed by atoms with E-state index >= 15 is 0 Å². The maximum absolute atomic E-state index is 5.94. The van der Waals surface area contributed by atoms with Crippen molar-refractivity contribution in [3.63, 3.8) is 0 Å². The second-order valence-corrected chi connectivity index (χ2v) is 5.40. The van der Waals surface area contributed by atoms with E-state index in [1.165, 1.54) is 0 Å². The molecule has 1 atom stereocenters. The molecule has 0 amide bonds. The van der Waals surface area contributed by atoms with Crippen molar-refractivity contribution >= 4 is 15.9 Å². The summed E-state index contributed by atoms with van der Waals surface area (Å²) in [5.41, 5.74) is 6.96. The molecule has 1 aromatic carbocycles. The van der Waals surface area contributed by atoms with Gasteiger partial charge < -0.3 is 15.0 Å². The molecule has 102 valence electrons. The Morgan fingerprint density at radius 2 is 2.26 bits per heavy atom. The number of benzene rings is 1. The Morgan fingerprint density at radius 1 is 1.47 bits per heavy atom. The van der Waals surface area contributed by atoms with Crippen LogP contribution in [0.1, 0.15) is 24.4 Å². The average molecular weight is 324 g/mol. The lowest BCUT2D eigenvalue weighted by molar-refractivity contribution is 0.293. The molecule has 4 nitrogen and oxygen atoms in total. The summed E-state index contributed by atoms with van der Waals surface area (Å²) in [6.07, 6.45) is 3.74. The summed E-state index contributed by atoms with van der Waals surface area (Å²) < 4.78 is 8.90. The monoisotopic (exact) mass is 323 g/mol. The molecular formula is C14H18BrN3O. The number of aryl methyl sites for hydroxylation is 1. The molecule has 1 unspecified atom stereocenters. The normalized spacial score (nSPS) is 12.4. The smallest absolute Gasteiger partial charge is 0.125 e. The van der Waals surface area contributed by atoms with E-state index in [0.717, 1.165) is 28.2 Å². The molecule has 0 saturated carbocycles. The van der Waals surface area contributed by atoms with E-state index in [1.54, 1.807) is 6.20 Å². The van der Waals surface area contributed by atoms with Crippen molar-refractivity contribution in [1.82, 2.24) is 9.55 Å². The fourth-order valence-corrected chi connectivity index (χ4v) is 2.24. The number of rotatable bonds is 5. The molecule has 19 heavy (non-hydrogen) atoms. The van der Waals surface area contributed by atoms with Crippen LogP contribution < -0.4 is 10.5 Å². The van der Waals surface area contributed by atoms with Gasteiger partial charge in [0.05, 0.1) is 6.54 Å². The summed E-state index contributed by atoms with van der Waals surface area (Å²) in [4.78, 5) is 4.18. The highest BCUT2D eigenvalue weighted by molar-refractivity contribution is 9.10. The Kier molecular flexibility index (Phi) is 4.61. The first-order chi connectivity index (χ1) is 9.08. The standard InChI is InChI=1S/C14H18BrN3O/c1-10(16)13-4-3-12(15)9-14(13)19-8-7-18-6-5-17-11(18)2/h3-6,9-10H,7-8,16H2,1-2H3. The minimum Gasteiger partial charge on any atom is -0.491 e. The van der Waals surface area contributed by atoms with Crippen LogP contribution in [-0.4, -0.2) is 16.2 Å². The largest absolute Gasteiger partial charge is 0.491 e. The average Bonchev–Trinajstić information content (AvgIpc) is 2.75. The van der Waals surface area contributed by atoms with Crippen molar-refractivity contribution in [1.29, 1.82) is 0 Å². The SMILES string of the molecule is Cc1nccn1CCOc1cc(Br)ccc1C(C)N. The van der Waals surface area contributed by atoms with E-state index < -0.39 is 0 Å². The summed E-state index contributed by atoms with van der Waals surface area (Å²) in [5, 5.41) is 0. The van der Waals surface area contributed by atoms with Crippen LogP contribution >= 0.6 is 15.9 Å². The molecule has 0 spiro atoms. The predicted octanol–water partition coefficient (Wildman–Crippen LogP) is 3.05. The van der Waals surface area contributed by atoms with Crippen molar-refractivity contribution in [2.75, 3.05) is 6.61 Å². The maximum atomic E-state index is 5.94. The number of ether oxygens (including phenoxy) is 1. The van der Waals surface area contributed by atoms with E-state index in [2.05, 4.69) is 25.5 Å². The van der Waals surface area contributed by atoms with Crippen LogP contribution in [0.5, 0.6) is 5.75 Å². The minimum atomic E-state index is -0.0434. The van der Waals surface area contributed by atoms with Gasteiger partial charge in [-0.15, -0.1) is 0 Å². The van der Waals surface area contributed by atoms with Crippen LogP contribution in [0.25, 0.3) is 0 Å². The zero-order chi connectivity index (χ0) is 13.8. The summed E-state index contributed by atoms with van der Waals surface area (Å²) in [6.45, 7) is 5.30. The highest BCUT2D eigenvalue weighted by Crippen LogP contribution is 2.27. The van der Waals surface area contributed by atoms with Gasteiger partial charge in [-0.2, -0.15) is 0 Å². The third kappa shape index (κ3) is 3.58. The second kappa shape index (κ2) is 6.21. The first-order valence-corrected chi connectivity index (χ1v) is 7.03. The summed E-state index contributed by atoms with van der Waals surface area (Å²) in [5.74, 6) is 1.83. The zero-order valence-electron chi connectivity index (χ0n) is 11.1. The summed E-state index contributed by atoms with van der Waals surface area (Å²) in [7, 11) is 0. The van der Waals surface area contributed by atoms with E-state index in [1.807, 2.05) is 38.2 Å². The molecular weight excluding hydrogens is 306 g/mol. The Labute approximate surface area is 121 Å². The van der Waals surface area contributed by atoms with E-state index in [0.29, 0.717) is 6.61 Å². The topological polar surface area (TPSA) is 53.1 Å². The van der Waals surface area contributed by atoms with Crippen molar-refractivity contribution < 1.29 is 4.74 Å². The zero-order valence-corrected chi connectivity index (χ0v) is 12.7. The molecule has 2 N–H and O–H groups in total. The lowest BCUT2D eigenvalue weighted by Gasteiger charge is -2.15. The molecule has 0 bridgehead atoms. The van der Waals surface area contributed by atoms with Gasteiger partial charge in [0.1, 0.15) is 18.2 Å². The summed E-state index contributed by atoms with van der Waals surface area (Å²) >= 11 is 3.45. The van der Waals surface area contributed by atoms with Crippen molar-refractivity contribution in [2.24, 2.45) is 5.73 Å². The first kappa shape index (κ1) is 14.1. The predicted molar refractivity (Wildman–Crippen MR) is 79.2 cm³/mol. The molecule has 0 aliphatic carbocycles. The molecule has 1 aromatic heterocycles. The second-order valence-electron chi connectivity index (χ2n) is 4.49. The molecule has 1 heterocycles. The first-order valence-electron chi connectivity index (χ1n) is 6.23. The maximum Gasteiger partial charge on any atom is 0.125 e. The lowest BCUT2D eigenvalue weighted by atomic mass is 10.1. The molecule has 2 aromatic rings. The van der Waals surface area contributed by atoms with Gasteiger partial charge in [-0.1, -0.05) is 22.0 Å². The molecule has 0 aliphatic heterocycles. The van der Waals surface area contributed by atoms with E-state index in [-0.39, 0.29) is 6.04 Å². The molecule has 2 rings (SSSR count). The van der Waals surface area contributed by atoms with Gasteiger partial charge in [-0.3, -0.25) is 0 Å².